The van der Waals surface area contributed by atoms with Gasteiger partial charge in [-0.3, -0.25) is 14.7 Å². The minimum absolute atomic E-state index is 0. The molecule has 0 aliphatic carbocycles. The van der Waals surface area contributed by atoms with Gasteiger partial charge in [0.25, 0.3) is 0 Å². The molecule has 6 nitrogen and oxygen atoms in total. The number of rotatable bonds is 5. The van der Waals surface area contributed by atoms with E-state index in [1.54, 1.807) is 7.05 Å². The molecular formula is C21H34IN5O. The van der Waals surface area contributed by atoms with Crippen molar-refractivity contribution >= 4 is 35.8 Å². The predicted molar refractivity (Wildman–Crippen MR) is 125 cm³/mol. The van der Waals surface area contributed by atoms with Crippen LogP contribution in [0.1, 0.15) is 31.4 Å². The number of carbonyl (C=O) groups is 1. The highest BCUT2D eigenvalue weighted by atomic mass is 127. The van der Waals surface area contributed by atoms with Crippen molar-refractivity contribution in [1.82, 2.24) is 20.4 Å². The number of aliphatic imine (C=N–C) groups is 1. The highest BCUT2D eigenvalue weighted by molar-refractivity contribution is 14.0. The molecule has 0 radical (unpaired) electrons. The smallest absolute Gasteiger partial charge is 0.225 e. The van der Waals surface area contributed by atoms with Crippen molar-refractivity contribution in [3.63, 3.8) is 0 Å². The maximum atomic E-state index is 12.1. The van der Waals surface area contributed by atoms with Gasteiger partial charge >= 0.3 is 0 Å². The van der Waals surface area contributed by atoms with Crippen molar-refractivity contribution in [1.29, 1.82) is 0 Å². The minimum atomic E-state index is 0. The van der Waals surface area contributed by atoms with Crippen LogP contribution in [-0.4, -0.2) is 67.5 Å². The van der Waals surface area contributed by atoms with Gasteiger partial charge in [-0.2, -0.15) is 0 Å². The molecule has 0 aromatic heterocycles. The number of likely N-dealkylation sites (tertiary alicyclic amines) is 1. The predicted octanol–water partition coefficient (Wildman–Crippen LogP) is 2.08. The van der Waals surface area contributed by atoms with Gasteiger partial charge in [-0.15, -0.1) is 24.0 Å². The minimum Gasteiger partial charge on any atom is -0.355 e. The van der Waals surface area contributed by atoms with Crippen molar-refractivity contribution < 1.29 is 4.79 Å². The summed E-state index contributed by atoms with van der Waals surface area (Å²) in [5.41, 5.74) is 2.94. The Bertz CT molecular complexity index is 679. The average Bonchev–Trinajstić information content (AvgIpc) is 3.14. The van der Waals surface area contributed by atoms with Crippen molar-refractivity contribution in [2.24, 2.45) is 10.9 Å². The van der Waals surface area contributed by atoms with E-state index in [1.807, 2.05) is 18.7 Å². The summed E-state index contributed by atoms with van der Waals surface area (Å²) in [5, 5.41) is 6.90. The van der Waals surface area contributed by atoms with Crippen LogP contribution in [0.4, 0.5) is 0 Å². The molecule has 1 saturated heterocycles. The lowest BCUT2D eigenvalue weighted by Crippen LogP contribution is -2.47. The number of halogens is 1. The number of hydrogen-bond acceptors (Lipinski definition) is 3. The van der Waals surface area contributed by atoms with Gasteiger partial charge in [0.1, 0.15) is 0 Å². The maximum Gasteiger partial charge on any atom is 0.225 e. The molecule has 156 valence electrons. The molecule has 2 N–H and O–H groups in total. The highest BCUT2D eigenvalue weighted by Gasteiger charge is 2.28. The van der Waals surface area contributed by atoms with Crippen LogP contribution in [0.3, 0.4) is 0 Å². The summed E-state index contributed by atoms with van der Waals surface area (Å²) in [6.45, 7) is 9.52. The van der Waals surface area contributed by atoms with E-state index in [2.05, 4.69) is 44.8 Å². The number of fused-ring (bicyclic) bond motifs is 1. The molecule has 1 amide bonds. The summed E-state index contributed by atoms with van der Waals surface area (Å²) in [4.78, 5) is 20.9. The highest BCUT2D eigenvalue weighted by Crippen LogP contribution is 2.17. The first-order valence-corrected chi connectivity index (χ1v) is 10.1. The zero-order valence-electron chi connectivity index (χ0n) is 17.3. The van der Waals surface area contributed by atoms with Gasteiger partial charge in [0.15, 0.2) is 5.96 Å². The molecule has 7 heteroatoms. The number of nitrogens with one attached hydrogen (secondary N) is 2. The normalized spacial score (nSPS) is 19.9. The summed E-state index contributed by atoms with van der Waals surface area (Å²) >= 11 is 0. The van der Waals surface area contributed by atoms with Crippen LogP contribution >= 0.6 is 24.0 Å². The Morgan fingerprint density at radius 1 is 1.25 bits per heavy atom. The van der Waals surface area contributed by atoms with E-state index in [0.717, 1.165) is 58.1 Å². The summed E-state index contributed by atoms with van der Waals surface area (Å²) in [7, 11) is 1.80. The van der Waals surface area contributed by atoms with Gasteiger partial charge in [-0.25, -0.2) is 0 Å². The zero-order chi connectivity index (χ0) is 19.2. The molecule has 28 heavy (non-hydrogen) atoms. The lowest BCUT2D eigenvalue weighted by Gasteiger charge is -2.29. The van der Waals surface area contributed by atoms with E-state index in [1.165, 1.54) is 11.1 Å². The summed E-state index contributed by atoms with van der Waals surface area (Å²) in [6, 6.07) is 9.01. The van der Waals surface area contributed by atoms with Crippen LogP contribution in [0.2, 0.25) is 0 Å². The molecule has 1 aromatic rings. The Kier molecular flexibility index (Phi) is 9.01. The Hall–Kier alpha value is -1.35. The van der Waals surface area contributed by atoms with Crippen LogP contribution in [0.5, 0.6) is 0 Å². The van der Waals surface area contributed by atoms with Crippen LogP contribution in [0.15, 0.2) is 29.3 Å². The second-order valence-electron chi connectivity index (χ2n) is 7.86. The number of guanidine groups is 1. The fourth-order valence-corrected chi connectivity index (χ4v) is 3.91. The maximum absolute atomic E-state index is 12.1. The lowest BCUT2D eigenvalue weighted by molar-refractivity contribution is -0.133. The van der Waals surface area contributed by atoms with Gasteiger partial charge < -0.3 is 15.5 Å². The third-order valence-electron chi connectivity index (χ3n) is 5.49. The largest absolute Gasteiger partial charge is 0.355 e. The zero-order valence-corrected chi connectivity index (χ0v) is 19.6. The van der Waals surface area contributed by atoms with E-state index < -0.39 is 0 Å². The number of benzene rings is 1. The fraction of sp³-hybridized carbons (Fsp3) is 0.619. The molecule has 0 bridgehead atoms. The molecule has 0 saturated carbocycles. The van der Waals surface area contributed by atoms with E-state index >= 15 is 0 Å². The number of hydrogen-bond donors (Lipinski definition) is 2. The quantitative estimate of drug-likeness (QED) is 0.370. The molecule has 1 unspecified atom stereocenters. The lowest BCUT2D eigenvalue weighted by atomic mass is 10.00. The van der Waals surface area contributed by atoms with Crippen LogP contribution < -0.4 is 10.6 Å². The molecule has 1 aromatic carbocycles. The fourth-order valence-electron chi connectivity index (χ4n) is 3.91. The topological polar surface area (TPSA) is 60.0 Å². The van der Waals surface area contributed by atoms with Gasteiger partial charge in [0.2, 0.25) is 5.91 Å². The van der Waals surface area contributed by atoms with E-state index in [-0.39, 0.29) is 41.8 Å². The molecule has 3 rings (SSSR count). The first kappa shape index (κ1) is 22.9. The average molecular weight is 499 g/mol. The van der Waals surface area contributed by atoms with Gasteiger partial charge in [-0.1, -0.05) is 38.1 Å². The molecular weight excluding hydrogens is 465 g/mol. The van der Waals surface area contributed by atoms with Crippen molar-refractivity contribution in [3.05, 3.63) is 35.4 Å². The van der Waals surface area contributed by atoms with Gasteiger partial charge in [0.05, 0.1) is 0 Å². The molecule has 1 atom stereocenters. The Labute approximate surface area is 186 Å². The number of carbonyl (C=O) groups excluding carboxylic acids is 1. The van der Waals surface area contributed by atoms with Crippen molar-refractivity contribution in [2.45, 2.75) is 39.3 Å². The SMILES string of the molecule is CN=C(NCCN1CCc2ccccc2C1)NC1CCN(C(=O)C(C)C)C1.I. The first-order valence-electron chi connectivity index (χ1n) is 10.1. The third kappa shape index (κ3) is 6.07. The Balaban J connectivity index is 0.00000280. The van der Waals surface area contributed by atoms with Gasteiger partial charge in [-0.05, 0) is 24.0 Å². The van der Waals surface area contributed by atoms with Crippen LogP contribution in [0.25, 0.3) is 0 Å². The van der Waals surface area contributed by atoms with Crippen molar-refractivity contribution in [2.75, 3.05) is 39.8 Å². The van der Waals surface area contributed by atoms with Gasteiger partial charge in [0, 0.05) is 58.3 Å². The van der Waals surface area contributed by atoms with Crippen LogP contribution in [0, 0.1) is 5.92 Å². The Morgan fingerprint density at radius 2 is 2.00 bits per heavy atom. The second kappa shape index (κ2) is 11.0. The molecule has 2 heterocycles. The van der Waals surface area contributed by atoms with E-state index in [4.69, 9.17) is 0 Å². The molecule has 2 aliphatic rings. The summed E-state index contributed by atoms with van der Waals surface area (Å²) in [6.07, 6.45) is 2.10. The summed E-state index contributed by atoms with van der Waals surface area (Å²) < 4.78 is 0. The van der Waals surface area contributed by atoms with Crippen molar-refractivity contribution in [3.8, 4) is 0 Å². The molecule has 2 aliphatic heterocycles. The summed E-state index contributed by atoms with van der Waals surface area (Å²) in [5.74, 6) is 1.14. The number of amides is 1. The third-order valence-corrected chi connectivity index (χ3v) is 5.49. The van der Waals surface area contributed by atoms with E-state index in [0.29, 0.717) is 0 Å². The Morgan fingerprint density at radius 3 is 2.71 bits per heavy atom. The van der Waals surface area contributed by atoms with E-state index in [9.17, 15) is 4.79 Å². The monoisotopic (exact) mass is 499 g/mol. The molecule has 1 fully saturated rings. The van der Waals surface area contributed by atoms with Crippen LogP contribution in [-0.2, 0) is 17.8 Å². The second-order valence-corrected chi connectivity index (χ2v) is 7.86. The molecule has 0 spiro atoms. The standard InChI is InChI=1S/C21H33N5O.HI/c1-16(2)20(27)26-12-9-19(15-26)24-21(22-3)23-10-13-25-11-8-17-6-4-5-7-18(17)14-25;/h4-7,16,19H,8-15H2,1-3H3,(H2,22,23,24);1H. The number of nitrogens with zero attached hydrogens (tertiary/aromatic N) is 3. The first-order chi connectivity index (χ1) is 13.1.